The van der Waals surface area contributed by atoms with Crippen LogP contribution in [0.5, 0.6) is 0 Å². The van der Waals surface area contributed by atoms with Crippen LogP contribution in [0.3, 0.4) is 0 Å². The summed E-state index contributed by atoms with van der Waals surface area (Å²) in [6, 6.07) is 7.78. The maximum absolute atomic E-state index is 12.8. The van der Waals surface area contributed by atoms with Crippen molar-refractivity contribution in [2.24, 2.45) is 0 Å². The van der Waals surface area contributed by atoms with Gasteiger partial charge in [-0.2, -0.15) is 4.98 Å². The van der Waals surface area contributed by atoms with Crippen LogP contribution in [0.15, 0.2) is 28.8 Å². The second kappa shape index (κ2) is 8.64. The highest BCUT2D eigenvalue weighted by Crippen LogP contribution is 2.26. The first kappa shape index (κ1) is 18.9. The Morgan fingerprint density at radius 2 is 2.23 bits per heavy atom. The number of aryl methyl sites for hydroxylation is 1. The van der Waals surface area contributed by atoms with Crippen LogP contribution in [0.2, 0.25) is 5.02 Å². The lowest BCUT2D eigenvalue weighted by Gasteiger charge is -2.32. The van der Waals surface area contributed by atoms with E-state index < -0.39 is 0 Å². The molecule has 3 rings (SSSR count). The van der Waals surface area contributed by atoms with E-state index in [0.29, 0.717) is 31.3 Å². The van der Waals surface area contributed by atoms with Crippen molar-refractivity contribution in [1.82, 2.24) is 19.9 Å². The monoisotopic (exact) mass is 376 g/mol. The molecule has 0 N–H and O–H groups in total. The molecule has 1 amide bonds. The van der Waals surface area contributed by atoms with Gasteiger partial charge in [0.05, 0.1) is 12.5 Å². The van der Waals surface area contributed by atoms with Crippen LogP contribution in [-0.2, 0) is 11.3 Å². The number of amides is 1. The topological polar surface area (TPSA) is 62.5 Å². The fourth-order valence-corrected chi connectivity index (χ4v) is 3.52. The van der Waals surface area contributed by atoms with Crippen molar-refractivity contribution in [3.63, 3.8) is 0 Å². The number of likely N-dealkylation sites (N-methyl/N-ethyl adjacent to an activating group) is 1. The molecule has 6 nitrogen and oxygen atoms in total. The predicted molar refractivity (Wildman–Crippen MR) is 100.0 cm³/mol. The van der Waals surface area contributed by atoms with E-state index in [0.717, 1.165) is 36.5 Å². The third kappa shape index (κ3) is 4.62. The minimum absolute atomic E-state index is 0.132. The Balaban J connectivity index is 1.59. The van der Waals surface area contributed by atoms with Crippen LogP contribution in [0.1, 0.15) is 43.0 Å². The second-order valence-corrected chi connectivity index (χ2v) is 7.16. The number of hydrogen-bond acceptors (Lipinski definition) is 5. The van der Waals surface area contributed by atoms with Crippen molar-refractivity contribution >= 4 is 17.5 Å². The van der Waals surface area contributed by atoms with Gasteiger partial charge in [-0.05, 0) is 37.9 Å². The van der Waals surface area contributed by atoms with E-state index in [1.807, 2.05) is 36.1 Å². The largest absolute Gasteiger partial charge is 0.341 e. The quantitative estimate of drug-likeness (QED) is 0.774. The zero-order chi connectivity index (χ0) is 18.5. The lowest BCUT2D eigenvalue weighted by molar-refractivity contribution is -0.133. The number of likely N-dealkylation sites (tertiary alicyclic amines) is 1. The molecule has 1 aliphatic rings. The van der Waals surface area contributed by atoms with E-state index >= 15 is 0 Å². The van der Waals surface area contributed by atoms with Crippen molar-refractivity contribution in [1.29, 1.82) is 0 Å². The molecular weight excluding hydrogens is 352 g/mol. The summed E-state index contributed by atoms with van der Waals surface area (Å²) in [5, 5.41) is 4.61. The summed E-state index contributed by atoms with van der Waals surface area (Å²) in [6.45, 7) is 7.14. The molecule has 1 aromatic heterocycles. The summed E-state index contributed by atoms with van der Waals surface area (Å²) in [4.78, 5) is 21.2. The molecule has 1 atom stereocenters. The molecule has 2 heterocycles. The van der Waals surface area contributed by atoms with Crippen molar-refractivity contribution in [3.05, 3.63) is 46.6 Å². The van der Waals surface area contributed by atoms with Crippen LogP contribution >= 0.6 is 11.6 Å². The Labute approximate surface area is 159 Å². The summed E-state index contributed by atoms with van der Waals surface area (Å²) >= 11 is 6.25. The Kier molecular flexibility index (Phi) is 6.27. The van der Waals surface area contributed by atoms with E-state index in [1.54, 1.807) is 0 Å². The second-order valence-electron chi connectivity index (χ2n) is 6.75. The number of halogens is 1. The molecule has 0 bridgehead atoms. The highest BCUT2D eigenvalue weighted by molar-refractivity contribution is 6.31. The molecule has 0 spiro atoms. The highest BCUT2D eigenvalue weighted by atomic mass is 35.5. The van der Waals surface area contributed by atoms with Gasteiger partial charge in [-0.3, -0.25) is 9.69 Å². The number of carbonyl (C=O) groups excluding carboxylic acids is 1. The van der Waals surface area contributed by atoms with E-state index in [1.165, 1.54) is 0 Å². The number of nitrogens with zero attached hydrogens (tertiary/aromatic N) is 4. The van der Waals surface area contributed by atoms with Gasteiger partial charge < -0.3 is 9.42 Å². The van der Waals surface area contributed by atoms with Crippen molar-refractivity contribution < 1.29 is 9.32 Å². The van der Waals surface area contributed by atoms with Crippen LogP contribution < -0.4 is 0 Å². The first-order valence-corrected chi connectivity index (χ1v) is 9.48. The molecule has 0 saturated carbocycles. The lowest BCUT2D eigenvalue weighted by Crippen LogP contribution is -2.44. The first-order chi connectivity index (χ1) is 12.6. The third-order valence-corrected chi connectivity index (χ3v) is 5.19. The summed E-state index contributed by atoms with van der Waals surface area (Å²) < 4.78 is 5.30. The number of hydrogen-bond donors (Lipinski definition) is 0. The maximum atomic E-state index is 12.8. The van der Waals surface area contributed by atoms with Gasteiger partial charge >= 0.3 is 0 Å². The highest BCUT2D eigenvalue weighted by Gasteiger charge is 2.28. The van der Waals surface area contributed by atoms with Gasteiger partial charge in [0.1, 0.15) is 0 Å². The Morgan fingerprint density at radius 3 is 2.92 bits per heavy atom. The summed E-state index contributed by atoms with van der Waals surface area (Å²) in [5.41, 5.74) is 1.04. The Morgan fingerprint density at radius 1 is 1.42 bits per heavy atom. The average molecular weight is 377 g/mol. The number of piperidine rings is 1. The molecule has 0 radical (unpaired) electrons. The van der Waals surface area contributed by atoms with Gasteiger partial charge in [0, 0.05) is 24.7 Å². The molecule has 7 heteroatoms. The Hall–Kier alpha value is -1.92. The molecule has 140 valence electrons. The Bertz CT molecular complexity index is 749. The molecule has 26 heavy (non-hydrogen) atoms. The lowest BCUT2D eigenvalue weighted by atomic mass is 9.98. The van der Waals surface area contributed by atoms with E-state index in [4.69, 9.17) is 16.1 Å². The first-order valence-electron chi connectivity index (χ1n) is 9.10. The molecule has 1 fully saturated rings. The van der Waals surface area contributed by atoms with Crippen LogP contribution in [0.25, 0.3) is 0 Å². The molecule has 0 aliphatic carbocycles. The number of aromatic nitrogens is 2. The van der Waals surface area contributed by atoms with Crippen molar-refractivity contribution in [2.45, 2.75) is 39.2 Å². The predicted octanol–water partition coefficient (Wildman–Crippen LogP) is 3.26. The van der Waals surface area contributed by atoms with Crippen LogP contribution in [0.4, 0.5) is 0 Å². The van der Waals surface area contributed by atoms with Crippen LogP contribution in [0, 0.1) is 6.92 Å². The summed E-state index contributed by atoms with van der Waals surface area (Å²) in [5.74, 6) is 1.55. The zero-order valence-corrected chi connectivity index (χ0v) is 16.1. The van der Waals surface area contributed by atoms with Gasteiger partial charge in [-0.1, -0.05) is 41.9 Å². The molecule has 0 unspecified atom stereocenters. The average Bonchev–Trinajstić information content (AvgIpc) is 3.09. The summed E-state index contributed by atoms with van der Waals surface area (Å²) in [6.07, 6.45) is 1.93. The normalized spacial score (nSPS) is 17.7. The minimum Gasteiger partial charge on any atom is -0.341 e. The third-order valence-electron chi connectivity index (χ3n) is 4.82. The fourth-order valence-electron chi connectivity index (χ4n) is 3.32. The van der Waals surface area contributed by atoms with Gasteiger partial charge in [0.25, 0.3) is 0 Å². The van der Waals surface area contributed by atoms with E-state index in [2.05, 4.69) is 22.0 Å². The smallest absolute Gasteiger partial charge is 0.236 e. The number of benzene rings is 1. The van der Waals surface area contributed by atoms with Crippen molar-refractivity contribution in [3.8, 4) is 0 Å². The van der Waals surface area contributed by atoms with Gasteiger partial charge in [0.15, 0.2) is 5.82 Å². The maximum Gasteiger partial charge on any atom is 0.236 e. The van der Waals surface area contributed by atoms with Gasteiger partial charge in [-0.15, -0.1) is 0 Å². The number of carbonyl (C=O) groups is 1. The van der Waals surface area contributed by atoms with Gasteiger partial charge in [-0.25, -0.2) is 0 Å². The molecule has 1 aromatic carbocycles. The van der Waals surface area contributed by atoms with Gasteiger partial charge in [0.2, 0.25) is 11.8 Å². The molecule has 2 aromatic rings. The molecular formula is C19H25ClN4O2. The molecule has 1 aliphatic heterocycles. The van der Waals surface area contributed by atoms with E-state index in [-0.39, 0.29) is 11.8 Å². The SMILES string of the molecule is CCN(CC(=O)N1CCC[C@H](c2nc(C)no2)C1)Cc1ccccc1Cl. The standard InChI is InChI=1S/C19H25ClN4O2/c1-3-23(11-15-7-4-5-9-17(15)20)13-18(25)24-10-6-8-16(12-24)19-21-14(2)22-26-19/h4-5,7,9,16H,3,6,8,10-13H2,1-2H3/t16-/m0/s1. The number of rotatable bonds is 6. The van der Waals surface area contributed by atoms with Crippen molar-refractivity contribution in [2.75, 3.05) is 26.2 Å². The van der Waals surface area contributed by atoms with Crippen LogP contribution in [-0.4, -0.2) is 52.0 Å². The molecule has 1 saturated heterocycles. The fraction of sp³-hybridized carbons (Fsp3) is 0.526. The summed E-state index contributed by atoms with van der Waals surface area (Å²) in [7, 11) is 0. The minimum atomic E-state index is 0.132. The van der Waals surface area contributed by atoms with E-state index in [9.17, 15) is 4.79 Å². The zero-order valence-electron chi connectivity index (χ0n) is 15.3.